The molecule has 1 fully saturated rings. The number of hydrogen-bond acceptors (Lipinski definition) is 5. The second-order valence-electron chi connectivity index (χ2n) is 6.51. The monoisotopic (exact) mass is 355 g/mol. The van der Waals surface area contributed by atoms with E-state index in [4.69, 9.17) is 4.74 Å². The van der Waals surface area contributed by atoms with Crippen LogP contribution in [0, 0.1) is 20.8 Å². The molecule has 0 saturated carbocycles. The number of rotatable bonds is 4. The van der Waals surface area contributed by atoms with Gasteiger partial charge in [-0.3, -0.25) is 0 Å². The normalized spacial score (nSPS) is 14.2. The van der Waals surface area contributed by atoms with E-state index in [9.17, 15) is 4.79 Å². The van der Waals surface area contributed by atoms with Crippen LogP contribution in [-0.2, 0) is 11.3 Å². The highest BCUT2D eigenvalue weighted by Crippen LogP contribution is 2.16. The summed E-state index contributed by atoms with van der Waals surface area (Å²) in [6.07, 6.45) is 0. The van der Waals surface area contributed by atoms with Gasteiger partial charge in [0.25, 0.3) is 0 Å². The highest BCUT2D eigenvalue weighted by Gasteiger charge is 2.14. The van der Waals surface area contributed by atoms with Crippen molar-refractivity contribution < 1.29 is 9.53 Å². The molecule has 0 unspecified atom stereocenters. The summed E-state index contributed by atoms with van der Waals surface area (Å²) in [5.74, 6) is 1.48. The molecule has 1 saturated heterocycles. The quantitative estimate of drug-likeness (QED) is 0.881. The number of hydrogen-bond donors (Lipinski definition) is 2. The molecule has 26 heavy (non-hydrogen) atoms. The molecule has 2 heterocycles. The first-order valence-corrected chi connectivity index (χ1v) is 8.80. The van der Waals surface area contributed by atoms with Crippen LogP contribution < -0.4 is 15.5 Å². The molecule has 7 heteroatoms. The highest BCUT2D eigenvalue weighted by atomic mass is 16.5. The van der Waals surface area contributed by atoms with Gasteiger partial charge >= 0.3 is 6.03 Å². The number of carbonyl (C=O) groups is 1. The molecule has 7 nitrogen and oxygen atoms in total. The Morgan fingerprint density at radius 2 is 1.92 bits per heavy atom. The zero-order valence-corrected chi connectivity index (χ0v) is 15.5. The Hall–Kier alpha value is -2.67. The summed E-state index contributed by atoms with van der Waals surface area (Å²) in [6, 6.07) is 7.61. The maximum atomic E-state index is 12.2. The van der Waals surface area contributed by atoms with E-state index in [2.05, 4.69) is 25.5 Å². The van der Waals surface area contributed by atoms with E-state index in [1.807, 2.05) is 45.0 Å². The number of morpholine rings is 1. The molecule has 1 aromatic carbocycles. The summed E-state index contributed by atoms with van der Waals surface area (Å²) in [7, 11) is 0. The van der Waals surface area contributed by atoms with Crippen molar-refractivity contribution in [3.8, 4) is 0 Å². The van der Waals surface area contributed by atoms with Crippen LogP contribution in [0.1, 0.15) is 22.6 Å². The van der Waals surface area contributed by atoms with E-state index in [1.54, 1.807) is 0 Å². The summed E-state index contributed by atoms with van der Waals surface area (Å²) in [5, 5.41) is 5.70. The first-order chi connectivity index (χ1) is 12.5. The number of carbonyl (C=O) groups excluding carboxylic acids is 1. The zero-order valence-electron chi connectivity index (χ0n) is 15.5. The number of aromatic nitrogens is 2. The average molecular weight is 355 g/mol. The average Bonchev–Trinajstić information content (AvgIpc) is 2.63. The molecule has 2 N–H and O–H groups in total. The fourth-order valence-corrected chi connectivity index (χ4v) is 2.93. The molecule has 1 aromatic heterocycles. The minimum absolute atomic E-state index is 0.269. The van der Waals surface area contributed by atoms with E-state index in [1.165, 1.54) is 0 Å². The van der Waals surface area contributed by atoms with Crippen molar-refractivity contribution in [1.82, 2.24) is 15.3 Å². The Balaban J connectivity index is 1.61. The predicted molar refractivity (Wildman–Crippen MR) is 102 cm³/mol. The van der Waals surface area contributed by atoms with Gasteiger partial charge in [-0.15, -0.1) is 0 Å². The van der Waals surface area contributed by atoms with Gasteiger partial charge in [0.15, 0.2) is 0 Å². The lowest BCUT2D eigenvalue weighted by Crippen LogP contribution is -2.37. The molecule has 1 aliphatic heterocycles. The van der Waals surface area contributed by atoms with Gasteiger partial charge in [-0.05, 0) is 32.4 Å². The molecule has 2 aromatic rings. The third-order valence-corrected chi connectivity index (χ3v) is 4.26. The number of benzene rings is 1. The molecule has 138 valence electrons. The molecule has 1 aliphatic rings. The van der Waals surface area contributed by atoms with Gasteiger partial charge in [-0.2, -0.15) is 0 Å². The standard InChI is InChI=1S/C19H25N5O2/c1-13-4-5-16(14(2)10-13)22-19(25)20-12-17-21-15(3)11-18(23-17)24-6-8-26-9-7-24/h4-5,10-11H,6-9,12H2,1-3H3,(H2,20,22,25). The smallest absolute Gasteiger partial charge is 0.319 e. The number of aryl methyl sites for hydroxylation is 3. The Bertz CT molecular complexity index is 787. The fraction of sp³-hybridized carbons (Fsp3) is 0.421. The number of anilines is 2. The number of urea groups is 1. The molecule has 0 bridgehead atoms. The zero-order chi connectivity index (χ0) is 18.5. The van der Waals surface area contributed by atoms with Crippen LogP contribution in [-0.4, -0.2) is 42.3 Å². The van der Waals surface area contributed by atoms with E-state index >= 15 is 0 Å². The van der Waals surface area contributed by atoms with Crippen molar-refractivity contribution >= 4 is 17.5 Å². The summed E-state index contributed by atoms with van der Waals surface area (Å²) in [6.45, 7) is 9.25. The molecule has 3 rings (SSSR count). The molecular formula is C19H25N5O2. The largest absolute Gasteiger partial charge is 0.378 e. The van der Waals surface area contributed by atoms with Crippen molar-refractivity contribution in [2.24, 2.45) is 0 Å². The lowest BCUT2D eigenvalue weighted by Gasteiger charge is -2.28. The van der Waals surface area contributed by atoms with Crippen molar-refractivity contribution in [3.05, 3.63) is 46.9 Å². The third kappa shape index (κ3) is 4.70. The highest BCUT2D eigenvalue weighted by molar-refractivity contribution is 5.90. The van der Waals surface area contributed by atoms with Crippen molar-refractivity contribution in [3.63, 3.8) is 0 Å². The Morgan fingerprint density at radius 3 is 2.65 bits per heavy atom. The van der Waals surface area contributed by atoms with Gasteiger partial charge in [0.1, 0.15) is 11.6 Å². The minimum Gasteiger partial charge on any atom is -0.378 e. The van der Waals surface area contributed by atoms with E-state index in [0.29, 0.717) is 19.0 Å². The topological polar surface area (TPSA) is 79.4 Å². The minimum atomic E-state index is -0.269. The number of ether oxygens (including phenoxy) is 1. The summed E-state index contributed by atoms with van der Waals surface area (Å²) in [4.78, 5) is 23.4. The van der Waals surface area contributed by atoms with Gasteiger partial charge in [0.05, 0.1) is 19.8 Å². The maximum absolute atomic E-state index is 12.2. The van der Waals surface area contributed by atoms with Crippen molar-refractivity contribution in [2.75, 3.05) is 36.5 Å². The number of amides is 2. The van der Waals surface area contributed by atoms with Crippen LogP contribution in [0.2, 0.25) is 0 Å². The second-order valence-corrected chi connectivity index (χ2v) is 6.51. The molecule has 0 aliphatic carbocycles. The van der Waals surface area contributed by atoms with Crippen LogP contribution >= 0.6 is 0 Å². The van der Waals surface area contributed by atoms with Crippen LogP contribution in [0.4, 0.5) is 16.3 Å². The van der Waals surface area contributed by atoms with Crippen LogP contribution in [0.5, 0.6) is 0 Å². The lowest BCUT2D eigenvalue weighted by atomic mass is 10.1. The Labute approximate surface area is 153 Å². The molecule has 2 amide bonds. The van der Waals surface area contributed by atoms with E-state index in [0.717, 1.165) is 41.4 Å². The Kier molecular flexibility index (Phi) is 5.68. The van der Waals surface area contributed by atoms with Crippen LogP contribution in [0.3, 0.4) is 0 Å². The lowest BCUT2D eigenvalue weighted by molar-refractivity contribution is 0.122. The maximum Gasteiger partial charge on any atom is 0.319 e. The van der Waals surface area contributed by atoms with Gasteiger partial charge in [-0.1, -0.05) is 17.7 Å². The van der Waals surface area contributed by atoms with E-state index in [-0.39, 0.29) is 12.6 Å². The number of nitrogens with zero attached hydrogens (tertiary/aromatic N) is 3. The van der Waals surface area contributed by atoms with Crippen molar-refractivity contribution in [2.45, 2.75) is 27.3 Å². The van der Waals surface area contributed by atoms with Gasteiger partial charge < -0.3 is 20.3 Å². The molecular weight excluding hydrogens is 330 g/mol. The summed E-state index contributed by atoms with van der Waals surface area (Å²) in [5.41, 5.74) is 3.87. The number of nitrogens with one attached hydrogen (secondary N) is 2. The third-order valence-electron chi connectivity index (χ3n) is 4.26. The van der Waals surface area contributed by atoms with E-state index < -0.39 is 0 Å². The molecule has 0 atom stereocenters. The Morgan fingerprint density at radius 1 is 1.15 bits per heavy atom. The summed E-state index contributed by atoms with van der Waals surface area (Å²) < 4.78 is 5.38. The first kappa shape index (κ1) is 18.1. The van der Waals surface area contributed by atoms with Gasteiger partial charge in [-0.25, -0.2) is 14.8 Å². The van der Waals surface area contributed by atoms with Crippen LogP contribution in [0.25, 0.3) is 0 Å². The van der Waals surface area contributed by atoms with Gasteiger partial charge in [0, 0.05) is 30.5 Å². The van der Waals surface area contributed by atoms with Crippen molar-refractivity contribution in [1.29, 1.82) is 0 Å². The predicted octanol–water partition coefficient (Wildman–Crippen LogP) is 2.56. The summed E-state index contributed by atoms with van der Waals surface area (Å²) >= 11 is 0. The van der Waals surface area contributed by atoms with Gasteiger partial charge in [0.2, 0.25) is 0 Å². The SMILES string of the molecule is Cc1ccc(NC(=O)NCc2nc(C)cc(N3CCOCC3)n2)c(C)c1. The van der Waals surface area contributed by atoms with Crippen LogP contribution in [0.15, 0.2) is 24.3 Å². The second kappa shape index (κ2) is 8.14. The molecule has 0 radical (unpaired) electrons. The molecule has 0 spiro atoms. The fourth-order valence-electron chi connectivity index (χ4n) is 2.93. The first-order valence-electron chi connectivity index (χ1n) is 8.80.